The maximum atomic E-state index is 8.48. The van der Waals surface area contributed by atoms with E-state index in [2.05, 4.69) is 0 Å². The zero-order valence-electron chi connectivity index (χ0n) is 3.67. The van der Waals surface area contributed by atoms with Crippen molar-refractivity contribution in [3.63, 3.8) is 0 Å². The van der Waals surface area contributed by atoms with Gasteiger partial charge in [-0.3, -0.25) is 0 Å². The van der Waals surface area contributed by atoms with Gasteiger partial charge in [0.2, 0.25) is 0 Å². The number of rotatable bonds is 0. The monoisotopic (exact) mass is 119 g/mol. The predicted molar refractivity (Wildman–Crippen MR) is 8.72 cm³/mol. The average Bonchev–Trinajstić information content (AvgIpc) is 0.811. The van der Waals surface area contributed by atoms with Gasteiger partial charge in [0.25, 0.3) is 8.25 Å². The summed E-state index contributed by atoms with van der Waals surface area (Å²) in [5.41, 5.74) is 0. The molecule has 0 aliphatic heterocycles. The Morgan fingerprint density at radius 3 is 1.60 bits per heavy atom. The third-order valence-corrected chi connectivity index (χ3v) is 0. The molecule has 0 N–H and O–H groups in total. The van der Waals surface area contributed by atoms with E-state index in [0.29, 0.717) is 0 Å². The van der Waals surface area contributed by atoms with Crippen molar-refractivity contribution in [1.82, 2.24) is 0 Å². The van der Waals surface area contributed by atoms with Crippen LogP contribution >= 0.6 is 8.25 Å². The molecular weight excluding hydrogens is 118 g/mol. The Morgan fingerprint density at radius 2 is 1.60 bits per heavy atom. The molecule has 0 heterocycles. The predicted octanol–water partition coefficient (Wildman–Crippen LogP) is -4.52. The standard InChI is InChI=1S/K.HO3P/c;1-4(2)3/h;(H,1,2,3)/q+1;. The van der Waals surface area contributed by atoms with Crippen molar-refractivity contribution >= 4 is 8.25 Å². The third-order valence-electron chi connectivity index (χ3n) is 0. The van der Waals surface area contributed by atoms with Gasteiger partial charge in [-0.15, -0.1) is 0 Å². The van der Waals surface area contributed by atoms with Crippen molar-refractivity contribution in [3.05, 3.63) is 0 Å². The molecule has 0 atom stereocenters. The summed E-state index contributed by atoms with van der Waals surface area (Å²) in [7, 11) is -3.37. The van der Waals surface area contributed by atoms with Gasteiger partial charge in [0, 0.05) is 0 Å². The molecule has 0 aromatic rings. The molecule has 0 aromatic heterocycles. The molecule has 0 fully saturated rings. The van der Waals surface area contributed by atoms with E-state index in [1.807, 2.05) is 0 Å². The summed E-state index contributed by atoms with van der Waals surface area (Å²) < 4.78 is 8.48. The number of hydrogen-bond acceptors (Lipinski definition) is 3. The molecule has 0 aromatic carbocycles. The smallest absolute Gasteiger partial charge is 0.598 e. The summed E-state index contributed by atoms with van der Waals surface area (Å²) in [5.74, 6) is 0. The molecule has 0 aliphatic carbocycles. The van der Waals surface area contributed by atoms with E-state index in [1.54, 1.807) is 0 Å². The van der Waals surface area contributed by atoms with Gasteiger partial charge < -0.3 is 9.79 Å². The second kappa shape index (κ2) is 5.66. The van der Waals surface area contributed by atoms with E-state index >= 15 is 0 Å². The van der Waals surface area contributed by atoms with E-state index in [4.69, 9.17) is 14.4 Å². The third kappa shape index (κ3) is 27.6. The Morgan fingerprint density at radius 1 is 1.60 bits per heavy atom. The maximum Gasteiger partial charge on any atom is 1.00 e. The molecule has 0 saturated carbocycles. The van der Waals surface area contributed by atoms with Gasteiger partial charge in [-0.05, 0) is 0 Å². The molecular formula is HKO3P+. The first-order chi connectivity index (χ1) is 1.73. The summed E-state index contributed by atoms with van der Waals surface area (Å²) in [5, 5.41) is 0. The van der Waals surface area contributed by atoms with Crippen molar-refractivity contribution < 1.29 is 67.2 Å². The Bertz CT molecular complexity index is 33.8. The molecule has 0 aliphatic rings. The molecule has 0 saturated heterocycles. The van der Waals surface area contributed by atoms with Crippen LogP contribution in [-0.4, -0.2) is 0 Å². The van der Waals surface area contributed by atoms with Crippen molar-refractivity contribution in [3.8, 4) is 0 Å². The van der Waals surface area contributed by atoms with E-state index in [0.717, 1.165) is 0 Å². The molecule has 5 heavy (non-hydrogen) atoms. The van der Waals surface area contributed by atoms with Gasteiger partial charge in [0.05, 0.1) is 0 Å². The Labute approximate surface area is 74.2 Å². The first kappa shape index (κ1) is 9.82. The molecule has 5 heteroatoms. The summed E-state index contributed by atoms with van der Waals surface area (Å²) in [6, 6.07) is 0. The van der Waals surface area contributed by atoms with Crippen LogP contribution in [0.15, 0.2) is 0 Å². The van der Waals surface area contributed by atoms with Crippen LogP contribution in [0, 0.1) is 0 Å². The minimum Gasteiger partial charge on any atom is -0.598 e. The van der Waals surface area contributed by atoms with E-state index in [-0.39, 0.29) is 52.8 Å². The largest absolute Gasteiger partial charge is 1.00 e. The Hall–Kier alpha value is 1.66. The fourth-order valence-corrected chi connectivity index (χ4v) is 0. The topological polar surface area (TPSA) is 63.2 Å². The molecule has 0 radical (unpaired) electrons. The van der Waals surface area contributed by atoms with Crippen molar-refractivity contribution in [2.45, 2.75) is 0 Å². The fraction of sp³-hybridized carbons (Fsp3) is 0. The first-order valence-corrected chi connectivity index (χ1v) is 1.64. The van der Waals surface area contributed by atoms with Crippen LogP contribution in [0.2, 0.25) is 0 Å². The molecule has 0 rings (SSSR count). The normalized spacial score (nSPS) is 5.20. The molecule has 0 unspecified atom stereocenters. The zero-order chi connectivity index (χ0) is 3.58. The summed E-state index contributed by atoms with van der Waals surface area (Å²) in [6.45, 7) is 0. The van der Waals surface area contributed by atoms with Crippen molar-refractivity contribution in [2.24, 2.45) is 0 Å². The van der Waals surface area contributed by atoms with E-state index < -0.39 is 8.25 Å². The van der Waals surface area contributed by atoms with Gasteiger partial charge in [-0.2, -0.15) is 0 Å². The van der Waals surface area contributed by atoms with Gasteiger partial charge >= 0.3 is 52.8 Å². The minimum atomic E-state index is -3.37. The fourth-order valence-electron chi connectivity index (χ4n) is 0. The van der Waals surface area contributed by atoms with Gasteiger partial charge in [0.15, 0.2) is 0 Å². The van der Waals surface area contributed by atoms with E-state index in [9.17, 15) is 0 Å². The molecule has 0 spiro atoms. The van der Waals surface area contributed by atoms with Crippen LogP contribution in [0.3, 0.4) is 0 Å². The van der Waals surface area contributed by atoms with Gasteiger partial charge in [-0.1, -0.05) is 4.57 Å². The quantitative estimate of drug-likeness (QED) is 0.238. The van der Waals surface area contributed by atoms with Crippen LogP contribution in [0.5, 0.6) is 0 Å². The first-order valence-electron chi connectivity index (χ1n) is 0.548. The second-order valence-corrected chi connectivity index (χ2v) is 0.671. The average molecular weight is 119 g/mol. The van der Waals surface area contributed by atoms with Crippen molar-refractivity contribution in [2.75, 3.05) is 0 Å². The summed E-state index contributed by atoms with van der Waals surface area (Å²) in [4.78, 5) is 17.0. The molecule has 0 bridgehead atoms. The van der Waals surface area contributed by atoms with Crippen LogP contribution in [0.1, 0.15) is 1.43 Å². The zero-order valence-corrected chi connectivity index (χ0v) is 6.69. The van der Waals surface area contributed by atoms with Crippen LogP contribution in [0.25, 0.3) is 0 Å². The van der Waals surface area contributed by atoms with Crippen LogP contribution in [-0.2, 0) is 4.57 Å². The van der Waals surface area contributed by atoms with Crippen LogP contribution < -0.4 is 61.2 Å². The van der Waals surface area contributed by atoms with Crippen LogP contribution in [0.4, 0.5) is 0 Å². The van der Waals surface area contributed by atoms with E-state index in [1.165, 1.54) is 0 Å². The van der Waals surface area contributed by atoms with Crippen molar-refractivity contribution in [1.29, 1.82) is 0 Å². The minimum absolute atomic E-state index is 0. The second-order valence-electron chi connectivity index (χ2n) is 0.224. The SMILES string of the molecule is O=[P+]([O-])[O-].[H+].[K+]. The summed E-state index contributed by atoms with van der Waals surface area (Å²) >= 11 is 0. The Balaban J connectivity index is -0.0000000450. The van der Waals surface area contributed by atoms with Gasteiger partial charge in [0.1, 0.15) is 0 Å². The maximum absolute atomic E-state index is 8.48. The molecule has 24 valence electrons. The molecule has 0 amide bonds. The summed E-state index contributed by atoms with van der Waals surface area (Å²) in [6.07, 6.45) is 0. The number of hydrogen-bond donors (Lipinski definition) is 0. The Kier molecular flexibility index (Phi) is 11.1. The molecule has 3 nitrogen and oxygen atoms in total. The van der Waals surface area contributed by atoms with Gasteiger partial charge in [-0.25, -0.2) is 0 Å².